The number of anilines is 1. The summed E-state index contributed by atoms with van der Waals surface area (Å²) in [4.78, 5) is 36.2. The molecule has 3 rings (SSSR count). The summed E-state index contributed by atoms with van der Waals surface area (Å²) in [5, 5.41) is 20.2. The number of nitrogens with one attached hydrogen (secondary N) is 2. The van der Waals surface area contributed by atoms with Crippen LogP contribution in [0.25, 0.3) is 10.8 Å². The number of benzene rings is 2. The minimum absolute atomic E-state index is 0.224. The van der Waals surface area contributed by atoms with Crippen LogP contribution in [-0.2, 0) is 16.0 Å². The standard InChI is InChI=1S/C27H31N3O4/c1-2-3-4-5-6-7-12-20(18-25(31)32)26(33)28-21-13-10-11-19(16-21)17-24-22-14-8-9-15-23(22)27(34)30-29-24/h6-11,13-16,20H,2-5,12,17-18H2,1H3,(H,28,33)(H,30,34)(H,31,32). The molecule has 0 radical (unpaired) electrons. The SMILES string of the molecule is CCCCCC=CCC(CC(=O)O)C(=O)Nc1cccc(Cc2n[nH]c(=O)c3ccccc23)c1. The van der Waals surface area contributed by atoms with Gasteiger partial charge in [-0.15, -0.1) is 0 Å². The number of carboxylic acids is 1. The first-order valence-electron chi connectivity index (χ1n) is 11.7. The van der Waals surface area contributed by atoms with Crippen molar-refractivity contribution in [2.75, 3.05) is 5.32 Å². The van der Waals surface area contributed by atoms with Gasteiger partial charge in [-0.1, -0.05) is 62.2 Å². The Kier molecular flexibility index (Phi) is 9.14. The molecule has 1 aromatic heterocycles. The number of carboxylic acid groups (broad SMARTS) is 1. The molecule has 0 fully saturated rings. The Morgan fingerprint density at radius 1 is 1.09 bits per heavy atom. The van der Waals surface area contributed by atoms with Crippen molar-refractivity contribution in [1.29, 1.82) is 0 Å². The van der Waals surface area contributed by atoms with Gasteiger partial charge in [-0.2, -0.15) is 5.10 Å². The lowest BCUT2D eigenvalue weighted by molar-refractivity contribution is -0.140. The highest BCUT2D eigenvalue weighted by molar-refractivity contribution is 5.94. The smallest absolute Gasteiger partial charge is 0.304 e. The van der Waals surface area contributed by atoms with Crippen LogP contribution < -0.4 is 10.9 Å². The number of hydrogen-bond acceptors (Lipinski definition) is 4. The van der Waals surface area contributed by atoms with E-state index in [0.29, 0.717) is 23.9 Å². The van der Waals surface area contributed by atoms with Crippen molar-refractivity contribution in [2.45, 2.75) is 51.9 Å². The molecule has 0 aliphatic heterocycles. The zero-order chi connectivity index (χ0) is 24.3. The minimum Gasteiger partial charge on any atom is -0.481 e. The molecule has 7 nitrogen and oxygen atoms in total. The minimum atomic E-state index is -0.996. The maximum atomic E-state index is 12.8. The summed E-state index contributed by atoms with van der Waals surface area (Å²) >= 11 is 0. The maximum Gasteiger partial charge on any atom is 0.304 e. The van der Waals surface area contributed by atoms with Gasteiger partial charge in [0.05, 0.1) is 23.4 Å². The molecule has 0 saturated carbocycles. The van der Waals surface area contributed by atoms with Gasteiger partial charge in [-0.3, -0.25) is 14.4 Å². The third-order valence-electron chi connectivity index (χ3n) is 5.69. The van der Waals surface area contributed by atoms with E-state index in [0.717, 1.165) is 42.3 Å². The van der Waals surface area contributed by atoms with E-state index in [-0.39, 0.29) is 17.9 Å². The number of carbonyl (C=O) groups excluding carboxylic acids is 1. The molecular weight excluding hydrogens is 430 g/mol. The largest absolute Gasteiger partial charge is 0.481 e. The monoisotopic (exact) mass is 461 g/mol. The molecule has 0 bridgehead atoms. The van der Waals surface area contributed by atoms with Gasteiger partial charge in [0.1, 0.15) is 0 Å². The number of nitrogens with zero attached hydrogens (tertiary/aromatic N) is 1. The van der Waals surface area contributed by atoms with Gasteiger partial charge in [-0.25, -0.2) is 5.10 Å². The predicted octanol–water partition coefficient (Wildman–Crippen LogP) is 5.07. The van der Waals surface area contributed by atoms with E-state index in [1.54, 1.807) is 12.1 Å². The van der Waals surface area contributed by atoms with E-state index < -0.39 is 11.9 Å². The number of fused-ring (bicyclic) bond motifs is 1. The molecule has 1 atom stereocenters. The Labute approximate surface area is 198 Å². The molecule has 2 aromatic carbocycles. The summed E-state index contributed by atoms with van der Waals surface area (Å²) in [6, 6.07) is 14.7. The summed E-state index contributed by atoms with van der Waals surface area (Å²) in [7, 11) is 0. The van der Waals surface area contributed by atoms with Crippen molar-refractivity contribution in [3.63, 3.8) is 0 Å². The Morgan fingerprint density at radius 3 is 2.65 bits per heavy atom. The number of allylic oxidation sites excluding steroid dienone is 2. The lowest BCUT2D eigenvalue weighted by atomic mass is 9.99. The van der Waals surface area contributed by atoms with E-state index >= 15 is 0 Å². The highest BCUT2D eigenvalue weighted by Crippen LogP contribution is 2.20. The van der Waals surface area contributed by atoms with Crippen molar-refractivity contribution >= 4 is 28.3 Å². The van der Waals surface area contributed by atoms with Crippen molar-refractivity contribution in [1.82, 2.24) is 10.2 Å². The highest BCUT2D eigenvalue weighted by Gasteiger charge is 2.21. The molecule has 0 saturated heterocycles. The van der Waals surface area contributed by atoms with Gasteiger partial charge in [0, 0.05) is 17.5 Å². The Balaban J connectivity index is 1.69. The molecule has 1 amide bonds. The molecule has 34 heavy (non-hydrogen) atoms. The van der Waals surface area contributed by atoms with Gasteiger partial charge in [0.2, 0.25) is 5.91 Å². The van der Waals surface area contributed by atoms with E-state index in [1.165, 1.54) is 0 Å². The molecule has 0 aliphatic carbocycles. The second kappa shape index (κ2) is 12.5. The average molecular weight is 462 g/mol. The molecule has 0 aliphatic rings. The van der Waals surface area contributed by atoms with E-state index in [2.05, 4.69) is 22.4 Å². The van der Waals surface area contributed by atoms with Gasteiger partial charge >= 0.3 is 5.97 Å². The quantitative estimate of drug-likeness (QED) is 0.257. The molecule has 0 spiro atoms. The first-order valence-corrected chi connectivity index (χ1v) is 11.7. The van der Waals surface area contributed by atoms with Crippen LogP contribution in [0.3, 0.4) is 0 Å². The van der Waals surface area contributed by atoms with Crippen molar-refractivity contribution in [3.8, 4) is 0 Å². The fourth-order valence-corrected chi connectivity index (χ4v) is 3.89. The van der Waals surface area contributed by atoms with Crippen LogP contribution in [0.4, 0.5) is 5.69 Å². The van der Waals surface area contributed by atoms with E-state index in [4.69, 9.17) is 0 Å². The van der Waals surface area contributed by atoms with Crippen molar-refractivity contribution < 1.29 is 14.7 Å². The van der Waals surface area contributed by atoms with Crippen LogP contribution in [0.1, 0.15) is 56.7 Å². The number of hydrogen-bond donors (Lipinski definition) is 3. The van der Waals surface area contributed by atoms with Gasteiger partial charge in [0.15, 0.2) is 0 Å². The topological polar surface area (TPSA) is 112 Å². The van der Waals surface area contributed by atoms with E-state index in [1.807, 2.05) is 48.6 Å². The highest BCUT2D eigenvalue weighted by atomic mass is 16.4. The molecule has 3 aromatic rings. The zero-order valence-electron chi connectivity index (χ0n) is 19.4. The summed E-state index contributed by atoms with van der Waals surface area (Å²) < 4.78 is 0. The molecular formula is C27H31N3O4. The Morgan fingerprint density at radius 2 is 1.88 bits per heavy atom. The fourth-order valence-electron chi connectivity index (χ4n) is 3.89. The van der Waals surface area contributed by atoms with Crippen LogP contribution in [0.2, 0.25) is 0 Å². The van der Waals surface area contributed by atoms with Crippen LogP contribution in [0, 0.1) is 5.92 Å². The van der Waals surface area contributed by atoms with Crippen LogP contribution in [-0.4, -0.2) is 27.2 Å². The lowest BCUT2D eigenvalue weighted by Crippen LogP contribution is -2.25. The first-order chi connectivity index (χ1) is 16.5. The summed E-state index contributed by atoms with van der Waals surface area (Å²) in [5.41, 5.74) is 2.01. The molecule has 7 heteroatoms. The maximum absolute atomic E-state index is 12.8. The number of amides is 1. The molecule has 3 N–H and O–H groups in total. The fraction of sp³-hybridized carbons (Fsp3) is 0.333. The molecule has 178 valence electrons. The third-order valence-corrected chi connectivity index (χ3v) is 5.69. The summed E-state index contributed by atoms with van der Waals surface area (Å²) in [5.74, 6) is -1.96. The van der Waals surface area contributed by atoms with Crippen LogP contribution in [0.5, 0.6) is 0 Å². The van der Waals surface area contributed by atoms with Crippen molar-refractivity contribution in [3.05, 3.63) is 82.3 Å². The zero-order valence-corrected chi connectivity index (χ0v) is 19.4. The predicted molar refractivity (Wildman–Crippen MR) is 134 cm³/mol. The van der Waals surface area contributed by atoms with E-state index in [9.17, 15) is 19.5 Å². The number of aromatic nitrogens is 2. The molecule has 1 unspecified atom stereocenters. The summed E-state index contributed by atoms with van der Waals surface area (Å²) in [6.45, 7) is 2.14. The normalized spacial score (nSPS) is 12.1. The average Bonchev–Trinajstić information content (AvgIpc) is 2.82. The second-order valence-corrected chi connectivity index (χ2v) is 8.41. The first kappa shape index (κ1) is 24.9. The van der Waals surface area contributed by atoms with Crippen molar-refractivity contribution in [2.24, 2.45) is 5.92 Å². The lowest BCUT2D eigenvalue weighted by Gasteiger charge is -2.14. The van der Waals surface area contributed by atoms with Gasteiger partial charge < -0.3 is 10.4 Å². The van der Waals surface area contributed by atoms with Gasteiger partial charge in [0.25, 0.3) is 5.56 Å². The second-order valence-electron chi connectivity index (χ2n) is 8.41. The van der Waals surface area contributed by atoms with Crippen LogP contribution in [0.15, 0.2) is 65.5 Å². The third kappa shape index (κ3) is 7.13. The molecule has 1 heterocycles. The summed E-state index contributed by atoms with van der Waals surface area (Å²) in [6.07, 6.45) is 8.90. The van der Waals surface area contributed by atoms with Gasteiger partial charge in [-0.05, 0) is 43.0 Å². The number of rotatable bonds is 12. The number of unbranched alkanes of at least 4 members (excludes halogenated alkanes) is 3. The Hall–Kier alpha value is -3.74. The number of H-pyrrole nitrogens is 1. The Bertz CT molecular complexity index is 1220. The number of aromatic amines is 1. The number of aliphatic carboxylic acids is 1. The number of carbonyl (C=O) groups is 2. The van der Waals surface area contributed by atoms with Crippen LogP contribution >= 0.6 is 0 Å².